The van der Waals surface area contributed by atoms with Crippen molar-refractivity contribution in [2.75, 3.05) is 6.61 Å². The molecular weight excluding hydrogens is 250 g/mol. The maximum atomic E-state index is 8.92. The lowest BCUT2D eigenvalue weighted by molar-refractivity contribution is 0.294. The zero-order valence-electron chi connectivity index (χ0n) is 12.7. The highest BCUT2D eigenvalue weighted by Gasteiger charge is 2.15. The van der Waals surface area contributed by atoms with Crippen molar-refractivity contribution >= 4 is 0 Å². The van der Waals surface area contributed by atoms with E-state index in [-0.39, 0.29) is 11.5 Å². The standard InChI is InChI=1S/C16H25N3O/c1-13(18)10-14-6-7-15(11-19-14)20-9-5-4-8-16(2,3)12-17/h6-7,11,13H,4-5,8-10,18H2,1-3H3. The number of nitrogens with zero attached hydrogens (tertiary/aromatic N) is 2. The maximum absolute atomic E-state index is 8.92. The zero-order valence-corrected chi connectivity index (χ0v) is 12.7. The van der Waals surface area contributed by atoms with Crippen LogP contribution in [0.3, 0.4) is 0 Å². The molecule has 0 fully saturated rings. The Balaban J connectivity index is 2.24. The molecule has 0 saturated carbocycles. The van der Waals surface area contributed by atoms with Crippen LogP contribution < -0.4 is 10.5 Å². The van der Waals surface area contributed by atoms with Gasteiger partial charge in [0.2, 0.25) is 0 Å². The van der Waals surface area contributed by atoms with E-state index in [1.807, 2.05) is 32.9 Å². The van der Waals surface area contributed by atoms with E-state index in [2.05, 4.69) is 11.1 Å². The fraction of sp³-hybridized carbons (Fsp3) is 0.625. The third-order valence-corrected chi connectivity index (χ3v) is 3.10. The predicted molar refractivity (Wildman–Crippen MR) is 80.3 cm³/mol. The van der Waals surface area contributed by atoms with Crippen LogP contribution in [-0.4, -0.2) is 17.6 Å². The Labute approximate surface area is 122 Å². The van der Waals surface area contributed by atoms with Gasteiger partial charge in [-0.2, -0.15) is 5.26 Å². The summed E-state index contributed by atoms with van der Waals surface area (Å²) >= 11 is 0. The Hall–Kier alpha value is -1.60. The molecule has 0 aliphatic rings. The highest BCUT2D eigenvalue weighted by atomic mass is 16.5. The molecule has 0 aliphatic carbocycles. The first-order chi connectivity index (χ1) is 9.43. The average molecular weight is 275 g/mol. The van der Waals surface area contributed by atoms with Crippen LogP contribution in [0.5, 0.6) is 5.75 Å². The van der Waals surface area contributed by atoms with E-state index < -0.39 is 0 Å². The van der Waals surface area contributed by atoms with Crippen molar-refractivity contribution in [2.45, 2.75) is 52.5 Å². The number of aromatic nitrogens is 1. The number of rotatable bonds is 8. The van der Waals surface area contributed by atoms with E-state index in [4.69, 9.17) is 15.7 Å². The van der Waals surface area contributed by atoms with E-state index in [1.165, 1.54) is 0 Å². The number of nitrogens with two attached hydrogens (primary N) is 1. The molecule has 0 saturated heterocycles. The third-order valence-electron chi connectivity index (χ3n) is 3.10. The largest absolute Gasteiger partial charge is 0.492 e. The molecule has 1 aromatic rings. The Morgan fingerprint density at radius 2 is 2.15 bits per heavy atom. The first-order valence-corrected chi connectivity index (χ1v) is 7.17. The van der Waals surface area contributed by atoms with Gasteiger partial charge in [0.05, 0.1) is 24.3 Å². The number of hydrogen-bond donors (Lipinski definition) is 1. The van der Waals surface area contributed by atoms with Gasteiger partial charge in [-0.3, -0.25) is 4.98 Å². The minimum atomic E-state index is -0.234. The molecule has 20 heavy (non-hydrogen) atoms. The van der Waals surface area contributed by atoms with Crippen molar-refractivity contribution in [1.29, 1.82) is 5.26 Å². The van der Waals surface area contributed by atoms with Crippen LogP contribution >= 0.6 is 0 Å². The summed E-state index contributed by atoms with van der Waals surface area (Å²) in [5, 5.41) is 8.92. The Morgan fingerprint density at radius 3 is 2.70 bits per heavy atom. The van der Waals surface area contributed by atoms with Gasteiger partial charge in [-0.05, 0) is 52.2 Å². The Bertz CT molecular complexity index is 432. The van der Waals surface area contributed by atoms with Crippen LogP contribution in [0.2, 0.25) is 0 Å². The van der Waals surface area contributed by atoms with Gasteiger partial charge in [-0.15, -0.1) is 0 Å². The lowest BCUT2D eigenvalue weighted by atomic mass is 9.89. The predicted octanol–water partition coefficient (Wildman–Crippen LogP) is 3.07. The molecule has 0 bridgehead atoms. The van der Waals surface area contributed by atoms with E-state index in [1.54, 1.807) is 6.20 Å². The molecule has 1 unspecified atom stereocenters. The van der Waals surface area contributed by atoms with E-state index in [0.29, 0.717) is 6.61 Å². The molecule has 0 amide bonds. The Morgan fingerprint density at radius 1 is 1.40 bits per heavy atom. The molecule has 1 rings (SSSR count). The molecule has 110 valence electrons. The van der Waals surface area contributed by atoms with Crippen molar-refractivity contribution in [3.63, 3.8) is 0 Å². The van der Waals surface area contributed by atoms with Crippen molar-refractivity contribution in [3.8, 4) is 11.8 Å². The van der Waals surface area contributed by atoms with E-state index in [9.17, 15) is 0 Å². The summed E-state index contributed by atoms with van der Waals surface area (Å²) < 4.78 is 5.64. The highest BCUT2D eigenvalue weighted by Crippen LogP contribution is 2.21. The second kappa shape index (κ2) is 7.86. The minimum absolute atomic E-state index is 0.123. The number of unbranched alkanes of at least 4 members (excludes halogenated alkanes) is 1. The van der Waals surface area contributed by atoms with Crippen molar-refractivity contribution in [2.24, 2.45) is 11.1 Å². The van der Waals surface area contributed by atoms with E-state index >= 15 is 0 Å². The molecule has 4 nitrogen and oxygen atoms in total. The number of hydrogen-bond acceptors (Lipinski definition) is 4. The fourth-order valence-electron chi connectivity index (χ4n) is 1.86. The minimum Gasteiger partial charge on any atom is -0.492 e. The second-order valence-electron chi connectivity index (χ2n) is 5.97. The molecule has 1 atom stereocenters. The van der Waals surface area contributed by atoms with Crippen LogP contribution in [0.25, 0.3) is 0 Å². The van der Waals surface area contributed by atoms with Crippen LogP contribution in [0, 0.1) is 16.7 Å². The normalized spacial score (nSPS) is 12.8. The molecular formula is C16H25N3O. The summed E-state index contributed by atoms with van der Waals surface area (Å²) in [6.45, 7) is 6.56. The second-order valence-corrected chi connectivity index (χ2v) is 5.97. The smallest absolute Gasteiger partial charge is 0.137 e. The molecule has 2 N–H and O–H groups in total. The van der Waals surface area contributed by atoms with Gasteiger partial charge in [0.1, 0.15) is 5.75 Å². The van der Waals surface area contributed by atoms with Gasteiger partial charge in [0, 0.05) is 18.2 Å². The molecule has 4 heteroatoms. The summed E-state index contributed by atoms with van der Waals surface area (Å²) in [6.07, 6.45) is 5.38. The first-order valence-electron chi connectivity index (χ1n) is 7.17. The van der Waals surface area contributed by atoms with Crippen LogP contribution in [0.1, 0.15) is 45.7 Å². The first kappa shape index (κ1) is 16.5. The quantitative estimate of drug-likeness (QED) is 0.740. The molecule has 1 aromatic heterocycles. The average Bonchev–Trinajstić information content (AvgIpc) is 2.39. The van der Waals surface area contributed by atoms with E-state index in [0.717, 1.165) is 37.1 Å². The lowest BCUT2D eigenvalue weighted by Crippen LogP contribution is -2.18. The zero-order chi connectivity index (χ0) is 15.0. The summed E-state index contributed by atoms with van der Waals surface area (Å²) in [4.78, 5) is 4.32. The van der Waals surface area contributed by atoms with Crippen LogP contribution in [0.4, 0.5) is 0 Å². The summed E-state index contributed by atoms with van der Waals surface area (Å²) in [5.74, 6) is 0.790. The van der Waals surface area contributed by atoms with Gasteiger partial charge >= 0.3 is 0 Å². The lowest BCUT2D eigenvalue weighted by Gasteiger charge is -2.14. The SMILES string of the molecule is CC(N)Cc1ccc(OCCCCC(C)(C)C#N)cn1. The van der Waals surface area contributed by atoms with Crippen molar-refractivity contribution < 1.29 is 4.74 Å². The summed E-state index contributed by atoms with van der Waals surface area (Å²) in [7, 11) is 0. The monoisotopic (exact) mass is 275 g/mol. The van der Waals surface area contributed by atoms with Crippen molar-refractivity contribution in [1.82, 2.24) is 4.98 Å². The summed E-state index contributed by atoms with van der Waals surface area (Å²) in [6, 6.07) is 6.32. The number of pyridine rings is 1. The highest BCUT2D eigenvalue weighted by molar-refractivity contribution is 5.20. The van der Waals surface area contributed by atoms with Gasteiger partial charge < -0.3 is 10.5 Å². The summed E-state index contributed by atoms with van der Waals surface area (Å²) in [5.41, 5.74) is 6.48. The molecule has 0 spiro atoms. The molecule has 0 aromatic carbocycles. The molecule has 0 radical (unpaired) electrons. The number of ether oxygens (including phenoxy) is 1. The van der Waals surface area contributed by atoms with Crippen LogP contribution in [0.15, 0.2) is 18.3 Å². The van der Waals surface area contributed by atoms with Gasteiger partial charge in [-0.1, -0.05) is 0 Å². The molecule has 0 aliphatic heterocycles. The number of nitriles is 1. The van der Waals surface area contributed by atoms with Gasteiger partial charge in [0.25, 0.3) is 0 Å². The topological polar surface area (TPSA) is 71.9 Å². The van der Waals surface area contributed by atoms with Crippen molar-refractivity contribution in [3.05, 3.63) is 24.0 Å². The fourth-order valence-corrected chi connectivity index (χ4v) is 1.86. The molecule has 1 heterocycles. The Kier molecular flexibility index (Phi) is 6.47. The van der Waals surface area contributed by atoms with Gasteiger partial charge in [0.15, 0.2) is 0 Å². The maximum Gasteiger partial charge on any atom is 0.137 e. The van der Waals surface area contributed by atoms with Crippen LogP contribution in [-0.2, 0) is 6.42 Å². The third kappa shape index (κ3) is 6.53. The van der Waals surface area contributed by atoms with Gasteiger partial charge in [-0.25, -0.2) is 0 Å².